The van der Waals surface area contributed by atoms with E-state index < -0.39 is 66.1 Å². The number of carboxylic acids is 1. The smallest absolute Gasteiger partial charge is 0.432 e. The lowest BCUT2D eigenvalue weighted by Crippen LogP contribution is -2.60. The van der Waals surface area contributed by atoms with Gasteiger partial charge in [-0.25, -0.2) is 13.2 Å². The third kappa shape index (κ3) is 3.85. The molecule has 0 aromatic heterocycles. The van der Waals surface area contributed by atoms with Crippen LogP contribution in [-0.2, 0) is 14.8 Å². The molecule has 1 heterocycles. The predicted octanol–water partition coefficient (Wildman–Crippen LogP) is 0.809. The predicted molar refractivity (Wildman–Crippen MR) is 60.5 cm³/mol. The fourth-order valence-corrected chi connectivity index (χ4v) is 3.21. The van der Waals surface area contributed by atoms with Crippen molar-refractivity contribution < 1.29 is 49.1 Å². The molecule has 0 bridgehead atoms. The van der Waals surface area contributed by atoms with Gasteiger partial charge in [0.2, 0.25) is 0 Å². The summed E-state index contributed by atoms with van der Waals surface area (Å²) < 4.78 is 112. The van der Waals surface area contributed by atoms with Gasteiger partial charge in [0.05, 0.1) is 6.54 Å². The summed E-state index contributed by atoms with van der Waals surface area (Å²) in [6.45, 7) is -4.45. The maximum atomic E-state index is 13.4. The van der Waals surface area contributed by atoms with Gasteiger partial charge >= 0.3 is 23.3 Å². The first-order valence-electron chi connectivity index (χ1n) is 5.91. The Labute approximate surface area is 125 Å². The van der Waals surface area contributed by atoms with Crippen molar-refractivity contribution in [3.63, 3.8) is 0 Å². The van der Waals surface area contributed by atoms with Crippen molar-refractivity contribution >= 4 is 16.0 Å². The highest BCUT2D eigenvalue weighted by molar-refractivity contribution is 7.90. The number of halogens is 7. The number of sulfonamides is 1. The highest BCUT2D eigenvalue weighted by Crippen LogP contribution is 2.41. The standard InChI is InChI=1S/C9H11F7N2O4S/c10-7(11,12)5-17-1-3-18(4-2-17)23(21,22)9(15,16)8(13,14)6(19)20/h1-5H2,(H,19,20). The van der Waals surface area contributed by atoms with E-state index in [1.54, 1.807) is 0 Å². The van der Waals surface area contributed by atoms with Gasteiger partial charge in [-0.1, -0.05) is 0 Å². The Morgan fingerprint density at radius 2 is 1.39 bits per heavy atom. The molecule has 0 atom stereocenters. The number of rotatable bonds is 5. The summed E-state index contributed by atoms with van der Waals surface area (Å²) in [6, 6.07) is 0. The number of hydrogen-bond acceptors (Lipinski definition) is 4. The summed E-state index contributed by atoms with van der Waals surface area (Å²) in [6.07, 6.45) is -4.60. The van der Waals surface area contributed by atoms with Gasteiger partial charge < -0.3 is 5.11 Å². The Hall–Kier alpha value is -1.15. The highest BCUT2D eigenvalue weighted by Gasteiger charge is 2.72. The first-order valence-corrected chi connectivity index (χ1v) is 7.35. The molecule has 0 amide bonds. The number of piperazine rings is 1. The highest BCUT2D eigenvalue weighted by atomic mass is 32.2. The first kappa shape index (κ1) is 19.9. The second kappa shape index (κ2) is 6.05. The minimum atomic E-state index is -6.07. The molecular formula is C9H11F7N2O4S. The molecule has 0 aliphatic carbocycles. The van der Waals surface area contributed by atoms with Gasteiger partial charge in [0.15, 0.2) is 0 Å². The number of hydrogen-bond donors (Lipinski definition) is 1. The monoisotopic (exact) mass is 376 g/mol. The number of nitrogens with zero attached hydrogens (tertiary/aromatic N) is 2. The van der Waals surface area contributed by atoms with Gasteiger partial charge in [0.1, 0.15) is 0 Å². The minimum Gasteiger partial charge on any atom is -0.477 e. The molecule has 0 aromatic rings. The summed E-state index contributed by atoms with van der Waals surface area (Å²) >= 11 is 0. The molecule has 1 aliphatic heterocycles. The molecule has 0 unspecified atom stereocenters. The average molecular weight is 376 g/mol. The van der Waals surface area contributed by atoms with Gasteiger partial charge in [0, 0.05) is 26.2 Å². The Balaban J connectivity index is 2.90. The molecule has 14 heteroatoms. The van der Waals surface area contributed by atoms with Crippen LogP contribution < -0.4 is 0 Å². The van der Waals surface area contributed by atoms with E-state index in [4.69, 9.17) is 5.11 Å². The van der Waals surface area contributed by atoms with Crippen LogP contribution in [-0.4, -0.2) is 78.8 Å². The summed E-state index contributed by atoms with van der Waals surface area (Å²) in [5.41, 5.74) is 0. The van der Waals surface area contributed by atoms with E-state index in [0.29, 0.717) is 4.90 Å². The number of carboxylic acid groups (broad SMARTS) is 1. The van der Waals surface area contributed by atoms with E-state index in [1.165, 1.54) is 0 Å². The molecule has 1 aliphatic rings. The van der Waals surface area contributed by atoms with Crippen molar-refractivity contribution in [2.75, 3.05) is 32.7 Å². The molecule has 0 spiro atoms. The van der Waals surface area contributed by atoms with E-state index in [1.807, 2.05) is 0 Å². The SMILES string of the molecule is O=C(O)C(F)(F)C(F)(F)S(=O)(=O)N1CCN(CC(F)(F)F)CC1. The maximum absolute atomic E-state index is 13.4. The van der Waals surface area contributed by atoms with Gasteiger partial charge in [-0.2, -0.15) is 35.0 Å². The lowest BCUT2D eigenvalue weighted by atomic mass is 10.3. The van der Waals surface area contributed by atoms with Gasteiger partial charge in [-0.3, -0.25) is 4.90 Å². The number of carbonyl (C=O) groups is 1. The Bertz CT molecular complexity index is 555. The van der Waals surface area contributed by atoms with Crippen LogP contribution in [0.3, 0.4) is 0 Å². The number of alkyl halides is 7. The zero-order valence-corrected chi connectivity index (χ0v) is 12.0. The molecule has 0 saturated carbocycles. The van der Waals surface area contributed by atoms with Crippen LogP contribution in [0.1, 0.15) is 0 Å². The maximum Gasteiger partial charge on any atom is 0.432 e. The second-order valence-electron chi connectivity index (χ2n) is 4.69. The Kier molecular flexibility index (Phi) is 5.23. The Morgan fingerprint density at radius 1 is 0.957 bits per heavy atom. The summed E-state index contributed by atoms with van der Waals surface area (Å²) in [5, 5.41) is 2.13. The van der Waals surface area contributed by atoms with E-state index in [2.05, 4.69) is 0 Å². The van der Waals surface area contributed by atoms with Crippen LogP contribution in [0, 0.1) is 0 Å². The van der Waals surface area contributed by atoms with Crippen LogP contribution in [0.2, 0.25) is 0 Å². The van der Waals surface area contributed by atoms with Crippen molar-refractivity contribution in [3.8, 4) is 0 Å². The van der Waals surface area contributed by atoms with Crippen LogP contribution in [0.25, 0.3) is 0 Å². The van der Waals surface area contributed by atoms with E-state index in [-0.39, 0.29) is 4.31 Å². The normalized spacial score (nSPS) is 19.8. The largest absolute Gasteiger partial charge is 0.477 e. The zero-order chi connectivity index (χ0) is 18.3. The fourth-order valence-electron chi connectivity index (χ4n) is 1.83. The fraction of sp³-hybridized carbons (Fsp3) is 0.889. The lowest BCUT2D eigenvalue weighted by Gasteiger charge is -2.36. The second-order valence-corrected chi connectivity index (χ2v) is 6.67. The van der Waals surface area contributed by atoms with E-state index >= 15 is 0 Å². The van der Waals surface area contributed by atoms with Crippen molar-refractivity contribution in [1.29, 1.82) is 0 Å². The average Bonchev–Trinajstić information content (AvgIpc) is 2.36. The van der Waals surface area contributed by atoms with Crippen molar-refractivity contribution in [2.45, 2.75) is 17.4 Å². The lowest BCUT2D eigenvalue weighted by molar-refractivity contribution is -0.198. The van der Waals surface area contributed by atoms with Gasteiger partial charge in [-0.05, 0) is 0 Å². The molecule has 6 nitrogen and oxygen atoms in total. The molecular weight excluding hydrogens is 365 g/mol. The van der Waals surface area contributed by atoms with Crippen LogP contribution >= 0.6 is 0 Å². The molecule has 1 rings (SSSR count). The minimum absolute atomic E-state index is 0.142. The molecule has 0 radical (unpaired) electrons. The van der Waals surface area contributed by atoms with Crippen molar-refractivity contribution in [2.24, 2.45) is 0 Å². The van der Waals surface area contributed by atoms with Crippen LogP contribution in [0.15, 0.2) is 0 Å². The van der Waals surface area contributed by atoms with Crippen molar-refractivity contribution in [3.05, 3.63) is 0 Å². The summed E-state index contributed by atoms with van der Waals surface area (Å²) in [5.74, 6) is -9.21. The summed E-state index contributed by atoms with van der Waals surface area (Å²) in [7, 11) is -6.07. The quantitative estimate of drug-likeness (QED) is 0.719. The zero-order valence-electron chi connectivity index (χ0n) is 11.2. The Morgan fingerprint density at radius 3 is 1.74 bits per heavy atom. The molecule has 1 saturated heterocycles. The molecule has 0 aromatic carbocycles. The third-order valence-corrected chi connectivity index (χ3v) is 4.98. The third-order valence-electron chi connectivity index (χ3n) is 3.03. The topological polar surface area (TPSA) is 77.9 Å². The molecule has 136 valence electrons. The first-order chi connectivity index (χ1) is 10.1. The number of aliphatic carboxylic acids is 1. The van der Waals surface area contributed by atoms with E-state index in [0.717, 1.165) is 0 Å². The van der Waals surface area contributed by atoms with Gasteiger partial charge in [0.25, 0.3) is 10.0 Å². The molecule has 1 fully saturated rings. The molecule has 1 N–H and O–H groups in total. The van der Waals surface area contributed by atoms with Crippen LogP contribution in [0.4, 0.5) is 30.7 Å². The van der Waals surface area contributed by atoms with Gasteiger partial charge in [-0.15, -0.1) is 0 Å². The molecule has 23 heavy (non-hydrogen) atoms. The van der Waals surface area contributed by atoms with Crippen LogP contribution in [0.5, 0.6) is 0 Å². The van der Waals surface area contributed by atoms with Crippen molar-refractivity contribution in [1.82, 2.24) is 9.21 Å². The summed E-state index contributed by atoms with van der Waals surface area (Å²) in [4.78, 5) is 10.9. The van der Waals surface area contributed by atoms with E-state index in [9.17, 15) is 43.9 Å².